The lowest BCUT2D eigenvalue weighted by molar-refractivity contribution is 0.0797. The molecule has 112 valence electrons. The van der Waals surface area contributed by atoms with Gasteiger partial charge in [-0.2, -0.15) is 0 Å². The zero-order chi connectivity index (χ0) is 15.3. The molecule has 1 aliphatic carbocycles. The molecule has 5 nitrogen and oxygen atoms in total. The lowest BCUT2D eigenvalue weighted by Crippen LogP contribution is -2.25. The molecule has 0 saturated heterocycles. The fourth-order valence-corrected chi connectivity index (χ4v) is 3.45. The minimum absolute atomic E-state index is 0.0936. The Morgan fingerprint density at radius 2 is 2.23 bits per heavy atom. The van der Waals surface area contributed by atoms with Crippen LogP contribution in [0.4, 0.5) is 0 Å². The van der Waals surface area contributed by atoms with E-state index in [0.29, 0.717) is 18.5 Å². The zero-order valence-electron chi connectivity index (χ0n) is 12.3. The Morgan fingerprint density at radius 1 is 1.41 bits per heavy atom. The Labute approximate surface area is 127 Å². The van der Waals surface area contributed by atoms with Crippen LogP contribution in [-0.2, 0) is 13.5 Å². The van der Waals surface area contributed by atoms with Gasteiger partial charge in [0.15, 0.2) is 5.78 Å². The number of aryl methyl sites for hydroxylation is 1. The molecule has 2 N–H and O–H groups in total. The standard InChI is InChI=1S/C17H17N3O2/c1-20-8-12(11-4-2-3-5-14(11)20)17(22)10-6-13-16(15(21)7-10)19-9-18-13/h2-5,8-10,15,21H,6-7H2,1H3,(H,18,19). The summed E-state index contributed by atoms with van der Waals surface area (Å²) in [4.78, 5) is 20.1. The van der Waals surface area contributed by atoms with E-state index in [0.717, 1.165) is 22.2 Å². The number of imidazole rings is 1. The molecule has 0 amide bonds. The first-order chi connectivity index (χ1) is 10.6. The van der Waals surface area contributed by atoms with Gasteiger partial charge in [0, 0.05) is 41.3 Å². The first-order valence-electron chi connectivity index (χ1n) is 7.43. The highest BCUT2D eigenvalue weighted by atomic mass is 16.3. The molecule has 1 aliphatic rings. The van der Waals surface area contributed by atoms with Gasteiger partial charge in [-0.05, 0) is 18.9 Å². The molecule has 3 aromatic rings. The molecule has 5 heteroatoms. The number of hydrogen-bond acceptors (Lipinski definition) is 3. The summed E-state index contributed by atoms with van der Waals surface area (Å²) < 4.78 is 1.98. The minimum atomic E-state index is -0.668. The Hall–Kier alpha value is -2.40. The quantitative estimate of drug-likeness (QED) is 0.713. The zero-order valence-corrected chi connectivity index (χ0v) is 12.3. The highest BCUT2D eigenvalue weighted by Gasteiger charge is 2.33. The van der Waals surface area contributed by atoms with E-state index in [9.17, 15) is 9.90 Å². The average Bonchev–Trinajstić information content (AvgIpc) is 3.12. The van der Waals surface area contributed by atoms with Crippen LogP contribution in [0.3, 0.4) is 0 Å². The predicted octanol–water partition coefficient (Wildman–Crippen LogP) is 2.38. The van der Waals surface area contributed by atoms with Crippen LogP contribution in [-0.4, -0.2) is 25.4 Å². The molecular weight excluding hydrogens is 278 g/mol. The van der Waals surface area contributed by atoms with Crippen molar-refractivity contribution in [1.82, 2.24) is 14.5 Å². The van der Waals surface area contributed by atoms with Gasteiger partial charge in [0.1, 0.15) is 0 Å². The minimum Gasteiger partial charge on any atom is -0.387 e. The molecular formula is C17H17N3O2. The fraction of sp³-hybridized carbons (Fsp3) is 0.294. The van der Waals surface area contributed by atoms with Crippen LogP contribution in [0.5, 0.6) is 0 Å². The first-order valence-corrected chi connectivity index (χ1v) is 7.43. The van der Waals surface area contributed by atoms with Gasteiger partial charge in [0.25, 0.3) is 0 Å². The van der Waals surface area contributed by atoms with E-state index in [4.69, 9.17) is 0 Å². The van der Waals surface area contributed by atoms with Crippen LogP contribution in [0.1, 0.15) is 34.3 Å². The van der Waals surface area contributed by atoms with Crippen LogP contribution < -0.4 is 0 Å². The molecule has 0 fully saturated rings. The number of nitrogens with one attached hydrogen (secondary N) is 1. The van der Waals surface area contributed by atoms with E-state index >= 15 is 0 Å². The Balaban J connectivity index is 1.73. The van der Waals surface area contributed by atoms with E-state index in [2.05, 4.69) is 9.97 Å². The molecule has 0 bridgehead atoms. The molecule has 22 heavy (non-hydrogen) atoms. The van der Waals surface area contributed by atoms with Gasteiger partial charge in [-0.1, -0.05) is 18.2 Å². The van der Waals surface area contributed by atoms with E-state index < -0.39 is 6.10 Å². The van der Waals surface area contributed by atoms with Crippen LogP contribution >= 0.6 is 0 Å². The molecule has 0 aliphatic heterocycles. The number of aromatic amines is 1. The summed E-state index contributed by atoms with van der Waals surface area (Å²) >= 11 is 0. The van der Waals surface area contributed by atoms with E-state index in [-0.39, 0.29) is 11.7 Å². The number of carbonyl (C=O) groups is 1. The normalized spacial score (nSPS) is 21.0. The second kappa shape index (κ2) is 4.81. The summed E-state index contributed by atoms with van der Waals surface area (Å²) in [5.74, 6) is -0.121. The van der Waals surface area contributed by atoms with E-state index in [1.54, 1.807) is 6.33 Å². The molecule has 1 aromatic carbocycles. The van der Waals surface area contributed by atoms with Crippen molar-refractivity contribution in [1.29, 1.82) is 0 Å². The van der Waals surface area contributed by atoms with Crippen molar-refractivity contribution in [2.45, 2.75) is 18.9 Å². The highest BCUT2D eigenvalue weighted by molar-refractivity contribution is 6.09. The van der Waals surface area contributed by atoms with Crippen molar-refractivity contribution in [2.24, 2.45) is 13.0 Å². The van der Waals surface area contributed by atoms with Gasteiger partial charge in [0.2, 0.25) is 0 Å². The Kier molecular flexibility index (Phi) is 2.90. The third kappa shape index (κ3) is 1.89. The van der Waals surface area contributed by atoms with E-state index in [1.807, 2.05) is 42.1 Å². The number of H-pyrrole nitrogens is 1. The summed E-state index contributed by atoms with van der Waals surface area (Å²) in [6.07, 6.45) is 3.84. The van der Waals surface area contributed by atoms with Crippen molar-refractivity contribution < 1.29 is 9.90 Å². The maximum atomic E-state index is 12.9. The molecule has 2 atom stereocenters. The van der Waals surface area contributed by atoms with Crippen molar-refractivity contribution in [3.8, 4) is 0 Å². The smallest absolute Gasteiger partial charge is 0.168 e. The molecule has 0 radical (unpaired) electrons. The van der Waals surface area contributed by atoms with Crippen molar-refractivity contribution in [2.75, 3.05) is 0 Å². The summed E-state index contributed by atoms with van der Waals surface area (Å²) in [5.41, 5.74) is 3.34. The van der Waals surface area contributed by atoms with Crippen LogP contribution in [0.2, 0.25) is 0 Å². The number of Topliss-reactive ketones (excluding diaryl/α,β-unsaturated/α-hetero) is 1. The number of hydrogen-bond donors (Lipinski definition) is 2. The van der Waals surface area contributed by atoms with Gasteiger partial charge in [-0.25, -0.2) is 4.98 Å². The van der Waals surface area contributed by atoms with Crippen molar-refractivity contribution in [3.05, 3.63) is 53.7 Å². The van der Waals surface area contributed by atoms with Crippen LogP contribution in [0.25, 0.3) is 10.9 Å². The SMILES string of the molecule is Cn1cc(C(=O)C2Cc3[nH]cnc3C(O)C2)c2ccccc21. The van der Waals surface area contributed by atoms with Crippen LogP contribution in [0.15, 0.2) is 36.8 Å². The summed E-state index contributed by atoms with van der Waals surface area (Å²) in [6.45, 7) is 0. The number of carbonyl (C=O) groups excluding carboxylic acids is 1. The maximum absolute atomic E-state index is 12.9. The second-order valence-electron chi connectivity index (χ2n) is 5.95. The number of nitrogens with zero attached hydrogens (tertiary/aromatic N) is 2. The number of benzene rings is 1. The number of ketones is 1. The van der Waals surface area contributed by atoms with Crippen molar-refractivity contribution >= 4 is 16.7 Å². The fourth-order valence-electron chi connectivity index (χ4n) is 3.45. The Bertz CT molecular complexity index is 862. The number of para-hydroxylation sites is 1. The van der Waals surface area contributed by atoms with Crippen molar-refractivity contribution in [3.63, 3.8) is 0 Å². The van der Waals surface area contributed by atoms with Gasteiger partial charge < -0.3 is 14.7 Å². The Morgan fingerprint density at radius 3 is 3.09 bits per heavy atom. The second-order valence-corrected chi connectivity index (χ2v) is 5.95. The highest BCUT2D eigenvalue weighted by Crippen LogP contribution is 2.34. The molecule has 2 unspecified atom stereocenters. The molecule has 2 heterocycles. The lowest BCUT2D eigenvalue weighted by Gasteiger charge is -2.24. The average molecular weight is 295 g/mol. The van der Waals surface area contributed by atoms with Gasteiger partial charge >= 0.3 is 0 Å². The third-order valence-corrected chi connectivity index (χ3v) is 4.56. The number of rotatable bonds is 2. The third-order valence-electron chi connectivity index (χ3n) is 4.56. The largest absolute Gasteiger partial charge is 0.387 e. The topological polar surface area (TPSA) is 70.9 Å². The maximum Gasteiger partial charge on any atom is 0.168 e. The molecule has 2 aromatic heterocycles. The summed E-state index contributed by atoms with van der Waals surface area (Å²) in [7, 11) is 1.95. The van der Waals surface area contributed by atoms with Gasteiger partial charge in [-0.3, -0.25) is 4.79 Å². The number of fused-ring (bicyclic) bond motifs is 2. The molecule has 0 spiro atoms. The predicted molar refractivity (Wildman–Crippen MR) is 82.6 cm³/mol. The van der Waals surface area contributed by atoms with Crippen LogP contribution in [0, 0.1) is 5.92 Å². The van der Waals surface area contributed by atoms with Gasteiger partial charge in [-0.15, -0.1) is 0 Å². The van der Waals surface area contributed by atoms with E-state index in [1.165, 1.54) is 0 Å². The lowest BCUT2D eigenvalue weighted by atomic mass is 9.83. The molecule has 0 saturated carbocycles. The number of aliphatic hydroxyl groups is 1. The molecule has 4 rings (SSSR count). The number of aliphatic hydroxyl groups excluding tert-OH is 1. The monoisotopic (exact) mass is 295 g/mol. The number of aromatic nitrogens is 3. The summed E-state index contributed by atoms with van der Waals surface area (Å²) in [6, 6.07) is 7.90. The summed E-state index contributed by atoms with van der Waals surface area (Å²) in [5, 5.41) is 11.2. The van der Waals surface area contributed by atoms with Gasteiger partial charge in [0.05, 0.1) is 18.1 Å². The first kappa shape index (κ1) is 13.3.